The monoisotopic (exact) mass is 349 g/mol. The first-order valence-electron chi connectivity index (χ1n) is 7.65. The molecule has 0 N–H and O–H groups in total. The lowest BCUT2D eigenvalue weighted by molar-refractivity contribution is -0.0586. The summed E-state index contributed by atoms with van der Waals surface area (Å²) in [7, 11) is 0. The van der Waals surface area contributed by atoms with Crippen molar-refractivity contribution < 1.29 is 19.2 Å². The summed E-state index contributed by atoms with van der Waals surface area (Å²) in [5.41, 5.74) is 0.494. The first kappa shape index (κ1) is 15.7. The first-order chi connectivity index (χ1) is 12.5. The molecule has 1 aromatic carbocycles. The Bertz CT molecular complexity index is 1130. The number of amides is 2. The zero-order chi connectivity index (χ0) is 18.4. The highest BCUT2D eigenvalue weighted by Crippen LogP contribution is 2.23. The molecule has 2 amide bonds. The first-order valence-corrected chi connectivity index (χ1v) is 7.65. The van der Waals surface area contributed by atoms with Crippen molar-refractivity contribution in [1.29, 1.82) is 0 Å². The van der Waals surface area contributed by atoms with E-state index in [1.807, 2.05) is 6.92 Å². The van der Waals surface area contributed by atoms with Crippen LogP contribution >= 0.6 is 0 Å². The van der Waals surface area contributed by atoms with Gasteiger partial charge in [0.15, 0.2) is 0 Å². The van der Waals surface area contributed by atoms with Crippen LogP contribution in [0.1, 0.15) is 36.6 Å². The number of nitrogens with zero attached hydrogens (tertiary/aromatic N) is 3. The Morgan fingerprint density at radius 3 is 2.35 bits per heavy atom. The molecule has 3 heterocycles. The normalized spacial score (nSPS) is 13.2. The van der Waals surface area contributed by atoms with Crippen molar-refractivity contribution in [2.24, 2.45) is 0 Å². The molecule has 0 saturated carbocycles. The van der Waals surface area contributed by atoms with Crippen molar-refractivity contribution in [3.05, 3.63) is 81.4 Å². The van der Waals surface area contributed by atoms with E-state index in [4.69, 9.17) is 4.84 Å². The van der Waals surface area contributed by atoms with Gasteiger partial charge in [-0.25, -0.2) is 9.78 Å². The van der Waals surface area contributed by atoms with Crippen LogP contribution in [-0.4, -0.2) is 32.2 Å². The van der Waals surface area contributed by atoms with Crippen molar-refractivity contribution in [2.45, 2.75) is 6.92 Å². The maximum atomic E-state index is 12.5. The fourth-order valence-corrected chi connectivity index (χ4v) is 2.70. The molecular formula is C18H11N3O5. The Morgan fingerprint density at radius 2 is 1.69 bits per heavy atom. The van der Waals surface area contributed by atoms with E-state index in [0.29, 0.717) is 10.7 Å². The van der Waals surface area contributed by atoms with Gasteiger partial charge in [-0.3, -0.25) is 18.8 Å². The van der Waals surface area contributed by atoms with Crippen LogP contribution in [0.3, 0.4) is 0 Å². The van der Waals surface area contributed by atoms with Crippen LogP contribution in [0, 0.1) is 6.92 Å². The number of aromatic nitrogens is 2. The molecule has 0 unspecified atom stereocenters. The van der Waals surface area contributed by atoms with E-state index in [9.17, 15) is 19.2 Å². The number of hydrogen-bond acceptors (Lipinski definition) is 6. The lowest BCUT2D eigenvalue weighted by Crippen LogP contribution is -2.35. The molecule has 128 valence electrons. The number of hydrogen-bond donors (Lipinski definition) is 0. The minimum atomic E-state index is -1.13. The quantitative estimate of drug-likeness (QED) is 0.648. The van der Waals surface area contributed by atoms with Crippen LogP contribution in [0.4, 0.5) is 0 Å². The molecule has 0 saturated heterocycles. The Kier molecular flexibility index (Phi) is 3.40. The molecule has 1 aliphatic heterocycles. The van der Waals surface area contributed by atoms with Gasteiger partial charge in [-0.05, 0) is 36.8 Å². The molecular weight excluding hydrogens is 338 g/mol. The standard InChI is InChI=1S/C18H11N3O5/c1-10-6-7-20-14(8-10)19-9-13(15(20)22)18(25)26-21-16(23)11-4-2-3-5-12(11)17(21)24/h2-9H,1H3. The van der Waals surface area contributed by atoms with Crippen LogP contribution in [0.25, 0.3) is 5.65 Å². The minimum absolute atomic E-state index is 0.133. The summed E-state index contributed by atoms with van der Waals surface area (Å²) in [6.45, 7) is 1.84. The summed E-state index contributed by atoms with van der Waals surface area (Å²) in [5.74, 6) is -2.65. The van der Waals surface area contributed by atoms with Gasteiger partial charge in [0.25, 0.3) is 17.4 Å². The van der Waals surface area contributed by atoms with Crippen molar-refractivity contribution >= 4 is 23.4 Å². The van der Waals surface area contributed by atoms with E-state index in [0.717, 1.165) is 11.8 Å². The molecule has 0 aliphatic carbocycles. The number of benzene rings is 1. The lowest BCUT2D eigenvalue weighted by atomic mass is 10.1. The molecule has 0 atom stereocenters. The number of rotatable bonds is 2. The summed E-state index contributed by atoms with van der Waals surface area (Å²) < 4.78 is 1.19. The molecule has 26 heavy (non-hydrogen) atoms. The molecule has 8 heteroatoms. The highest BCUT2D eigenvalue weighted by molar-refractivity contribution is 6.21. The number of pyridine rings is 1. The number of imide groups is 1. The van der Waals surface area contributed by atoms with Gasteiger partial charge >= 0.3 is 5.97 Å². The van der Waals surface area contributed by atoms with Crippen LogP contribution in [0.2, 0.25) is 0 Å². The number of hydroxylamine groups is 2. The fraction of sp³-hybridized carbons (Fsp3) is 0.0556. The second-order valence-electron chi connectivity index (χ2n) is 5.74. The molecule has 0 spiro atoms. The number of carbonyl (C=O) groups excluding carboxylic acids is 3. The Balaban J connectivity index is 1.68. The second kappa shape index (κ2) is 5.62. The fourth-order valence-electron chi connectivity index (χ4n) is 2.70. The summed E-state index contributed by atoms with van der Waals surface area (Å²) in [6.07, 6.45) is 2.55. The molecule has 4 rings (SSSR count). The summed E-state index contributed by atoms with van der Waals surface area (Å²) in [6, 6.07) is 9.47. The van der Waals surface area contributed by atoms with Gasteiger partial charge in [0.1, 0.15) is 11.2 Å². The third-order valence-corrected chi connectivity index (χ3v) is 4.02. The van der Waals surface area contributed by atoms with Crippen LogP contribution in [-0.2, 0) is 4.84 Å². The van der Waals surface area contributed by atoms with Crippen LogP contribution in [0.5, 0.6) is 0 Å². The Hall–Kier alpha value is -3.81. The predicted octanol–water partition coefficient (Wildman–Crippen LogP) is 1.37. The number of carbonyl (C=O) groups is 3. The van der Waals surface area contributed by atoms with Crippen molar-refractivity contribution in [2.75, 3.05) is 0 Å². The topological polar surface area (TPSA) is 98.0 Å². The summed E-state index contributed by atoms with van der Waals surface area (Å²) >= 11 is 0. The Morgan fingerprint density at radius 1 is 1.04 bits per heavy atom. The predicted molar refractivity (Wildman–Crippen MR) is 88.6 cm³/mol. The molecule has 0 bridgehead atoms. The van der Waals surface area contributed by atoms with E-state index in [2.05, 4.69) is 4.98 Å². The highest BCUT2D eigenvalue weighted by atomic mass is 16.7. The van der Waals surface area contributed by atoms with E-state index < -0.39 is 23.3 Å². The van der Waals surface area contributed by atoms with Gasteiger partial charge in [-0.15, -0.1) is 0 Å². The van der Waals surface area contributed by atoms with Crippen LogP contribution < -0.4 is 5.56 Å². The van der Waals surface area contributed by atoms with E-state index in [1.54, 1.807) is 24.3 Å². The highest BCUT2D eigenvalue weighted by Gasteiger charge is 2.39. The number of fused-ring (bicyclic) bond motifs is 2. The molecule has 0 fully saturated rings. The zero-order valence-corrected chi connectivity index (χ0v) is 13.5. The van der Waals surface area contributed by atoms with Crippen molar-refractivity contribution in [3.63, 3.8) is 0 Å². The van der Waals surface area contributed by atoms with Crippen molar-refractivity contribution in [1.82, 2.24) is 14.4 Å². The largest absolute Gasteiger partial charge is 0.371 e. The van der Waals surface area contributed by atoms with E-state index in [1.165, 1.54) is 22.7 Å². The molecule has 2 aromatic heterocycles. The van der Waals surface area contributed by atoms with E-state index in [-0.39, 0.29) is 16.7 Å². The SMILES string of the molecule is Cc1ccn2c(=O)c(C(=O)ON3C(=O)c4ccccc4C3=O)cnc2c1. The molecule has 8 nitrogen and oxygen atoms in total. The summed E-state index contributed by atoms with van der Waals surface area (Å²) in [5, 5.41) is 0.358. The lowest BCUT2D eigenvalue weighted by Gasteiger charge is -2.12. The van der Waals surface area contributed by atoms with Gasteiger partial charge in [0.2, 0.25) is 0 Å². The molecule has 3 aromatic rings. The molecule has 0 radical (unpaired) electrons. The maximum absolute atomic E-state index is 12.5. The van der Waals surface area contributed by atoms with Crippen LogP contribution in [0.15, 0.2) is 53.6 Å². The van der Waals surface area contributed by atoms with Gasteiger partial charge in [-0.2, -0.15) is 0 Å². The average Bonchev–Trinajstić information content (AvgIpc) is 2.87. The van der Waals surface area contributed by atoms with Gasteiger partial charge in [0, 0.05) is 12.4 Å². The van der Waals surface area contributed by atoms with Gasteiger partial charge in [0.05, 0.1) is 11.1 Å². The zero-order valence-electron chi connectivity index (χ0n) is 13.5. The minimum Gasteiger partial charge on any atom is -0.324 e. The van der Waals surface area contributed by atoms with Crippen molar-refractivity contribution in [3.8, 4) is 0 Å². The van der Waals surface area contributed by atoms with Gasteiger partial charge < -0.3 is 4.84 Å². The third-order valence-electron chi connectivity index (χ3n) is 4.02. The maximum Gasteiger partial charge on any atom is 0.371 e. The van der Waals surface area contributed by atoms with Gasteiger partial charge in [-0.1, -0.05) is 17.2 Å². The van der Waals surface area contributed by atoms with E-state index >= 15 is 0 Å². The number of aryl methyl sites for hydroxylation is 1. The third kappa shape index (κ3) is 2.27. The Labute approximate surface area is 146 Å². The summed E-state index contributed by atoms with van der Waals surface area (Å²) in [4.78, 5) is 58.2. The second-order valence-corrected chi connectivity index (χ2v) is 5.74. The molecule has 1 aliphatic rings. The smallest absolute Gasteiger partial charge is 0.324 e. The average molecular weight is 349 g/mol.